The number of thioether (sulfide) groups is 2. The first-order valence-corrected chi connectivity index (χ1v) is 22.7. The summed E-state index contributed by atoms with van der Waals surface area (Å²) in [5, 5.41) is 3.78. The summed E-state index contributed by atoms with van der Waals surface area (Å²) < 4.78 is 16.9. The van der Waals surface area contributed by atoms with Gasteiger partial charge in [0, 0.05) is 42.2 Å². The largest absolute Gasteiger partial charge is 0.482 e. The van der Waals surface area contributed by atoms with Gasteiger partial charge >= 0.3 is 11.9 Å². The lowest BCUT2D eigenvalue weighted by Gasteiger charge is -2.18. The molecule has 6 aromatic rings. The van der Waals surface area contributed by atoms with Gasteiger partial charge in [-0.2, -0.15) is 0 Å². The van der Waals surface area contributed by atoms with Gasteiger partial charge < -0.3 is 14.2 Å². The van der Waals surface area contributed by atoms with Crippen LogP contribution < -0.4 is 9.47 Å². The van der Waals surface area contributed by atoms with E-state index in [1.54, 1.807) is 65.3 Å². The standard InChI is InChI=1S/C42H36Cl4N2O5S4/c1-6-34(52-36-14-10-29(16-23(36)3)55-21-38-25(5)48-41(57-38)27-8-12-31(44)33(46)18-27)42(50)53-39(49)19-51-35-13-9-28(15-22(35)2)54-20-37-24(4)47-40(56-37)26-7-11-30(43)32(45)17-26/h7-18,34H,6,19-21H2,1-5H3. The molecule has 0 saturated heterocycles. The summed E-state index contributed by atoms with van der Waals surface area (Å²) in [7, 11) is 0. The monoisotopic (exact) mass is 916 g/mol. The van der Waals surface area contributed by atoms with E-state index >= 15 is 0 Å². The zero-order valence-corrected chi connectivity index (χ0v) is 37.7. The van der Waals surface area contributed by atoms with Crippen molar-refractivity contribution < 1.29 is 23.8 Å². The lowest BCUT2D eigenvalue weighted by atomic mass is 10.2. The van der Waals surface area contributed by atoms with E-state index in [-0.39, 0.29) is 0 Å². The molecule has 6 rings (SSSR count). The molecule has 0 aliphatic rings. The highest BCUT2D eigenvalue weighted by atomic mass is 35.5. The number of halogens is 4. The van der Waals surface area contributed by atoms with Crippen LogP contribution >= 0.6 is 92.6 Å². The minimum absolute atomic E-state index is 0.310. The summed E-state index contributed by atoms with van der Waals surface area (Å²) >= 11 is 31.2. The second-order valence-electron chi connectivity index (χ2n) is 12.8. The van der Waals surface area contributed by atoms with Crippen molar-refractivity contribution in [3.8, 4) is 32.6 Å². The summed E-state index contributed by atoms with van der Waals surface area (Å²) in [6.07, 6.45) is -0.656. The van der Waals surface area contributed by atoms with Crippen molar-refractivity contribution in [3.05, 3.63) is 125 Å². The topological polar surface area (TPSA) is 87.6 Å². The maximum atomic E-state index is 13.0. The zero-order valence-electron chi connectivity index (χ0n) is 31.4. The van der Waals surface area contributed by atoms with Crippen LogP contribution in [-0.4, -0.2) is 34.6 Å². The Kier molecular flexibility index (Phi) is 14.9. The summed E-state index contributed by atoms with van der Waals surface area (Å²) in [6.45, 7) is 9.18. The second kappa shape index (κ2) is 19.7. The molecule has 0 saturated carbocycles. The van der Waals surface area contributed by atoms with Crippen LogP contribution in [0.1, 0.15) is 45.6 Å². The molecule has 0 bridgehead atoms. The van der Waals surface area contributed by atoms with Gasteiger partial charge in [-0.15, -0.1) is 46.2 Å². The number of hydrogen-bond acceptors (Lipinski definition) is 11. The summed E-state index contributed by atoms with van der Waals surface area (Å²) in [4.78, 5) is 39.5. The number of aromatic nitrogens is 2. The number of carbonyl (C=O) groups is 2. The maximum Gasteiger partial charge on any atom is 0.355 e. The fourth-order valence-electron chi connectivity index (χ4n) is 5.44. The van der Waals surface area contributed by atoms with Crippen LogP contribution in [0, 0.1) is 27.7 Å². The van der Waals surface area contributed by atoms with Gasteiger partial charge in [-0.1, -0.05) is 65.5 Å². The van der Waals surface area contributed by atoms with E-state index in [1.165, 1.54) is 0 Å². The SMILES string of the molecule is CCC(Oc1ccc(SCc2sc(-c3ccc(Cl)c(Cl)c3)nc2C)cc1C)C(=O)OC(=O)COc1ccc(SCc2sc(-c3ccc(Cl)c(Cl)c3)nc2C)cc1C. The molecule has 1 atom stereocenters. The fourth-order valence-corrected chi connectivity index (χ4v) is 10.4. The van der Waals surface area contributed by atoms with Gasteiger partial charge in [0.2, 0.25) is 0 Å². The lowest BCUT2D eigenvalue weighted by Crippen LogP contribution is -2.32. The first-order chi connectivity index (χ1) is 27.3. The van der Waals surface area contributed by atoms with Gasteiger partial charge in [0.05, 0.1) is 31.5 Å². The van der Waals surface area contributed by atoms with Crippen molar-refractivity contribution in [2.75, 3.05) is 6.61 Å². The van der Waals surface area contributed by atoms with Crippen molar-refractivity contribution in [1.29, 1.82) is 0 Å². The average molecular weight is 919 g/mol. The van der Waals surface area contributed by atoms with Gasteiger partial charge in [0.1, 0.15) is 21.5 Å². The Morgan fingerprint density at radius 1 is 0.667 bits per heavy atom. The smallest absolute Gasteiger partial charge is 0.355 e. The third-order valence-corrected chi connectivity index (χ3v) is 14.9. The molecule has 15 heteroatoms. The first kappa shape index (κ1) is 43.3. The molecular weight excluding hydrogens is 883 g/mol. The Hall–Kier alpha value is -3.26. The number of esters is 2. The van der Waals surface area contributed by atoms with E-state index in [2.05, 4.69) is 0 Å². The van der Waals surface area contributed by atoms with Gasteiger partial charge in [0.25, 0.3) is 0 Å². The summed E-state index contributed by atoms with van der Waals surface area (Å²) in [6, 6.07) is 22.6. The predicted octanol–water partition coefficient (Wildman–Crippen LogP) is 13.7. The molecule has 0 amide bonds. The fraction of sp³-hybridized carbons (Fsp3) is 0.238. The molecule has 4 aromatic carbocycles. The van der Waals surface area contributed by atoms with Crippen LogP contribution in [0.2, 0.25) is 20.1 Å². The van der Waals surface area contributed by atoms with Gasteiger partial charge in [0.15, 0.2) is 12.7 Å². The Morgan fingerprint density at radius 2 is 1.16 bits per heavy atom. The Bertz CT molecular complexity index is 2440. The summed E-state index contributed by atoms with van der Waals surface area (Å²) in [5.41, 5.74) is 5.48. The number of benzene rings is 4. The normalized spacial score (nSPS) is 11.7. The Balaban J connectivity index is 0.967. The summed E-state index contributed by atoms with van der Waals surface area (Å²) in [5.74, 6) is 0.953. The molecule has 0 radical (unpaired) electrons. The molecule has 2 heterocycles. The molecule has 0 aliphatic heterocycles. The van der Waals surface area contributed by atoms with Crippen molar-refractivity contribution in [2.24, 2.45) is 0 Å². The van der Waals surface area contributed by atoms with Crippen molar-refractivity contribution in [2.45, 2.75) is 68.4 Å². The van der Waals surface area contributed by atoms with Crippen LogP contribution in [-0.2, 0) is 25.8 Å². The van der Waals surface area contributed by atoms with E-state index in [0.29, 0.717) is 38.0 Å². The zero-order chi connectivity index (χ0) is 40.8. The van der Waals surface area contributed by atoms with Crippen LogP contribution in [0.4, 0.5) is 0 Å². The highest BCUT2D eigenvalue weighted by Gasteiger charge is 2.24. The Labute approximate surface area is 368 Å². The number of nitrogens with zero attached hydrogens (tertiary/aromatic N) is 2. The van der Waals surface area contributed by atoms with Crippen LogP contribution in [0.3, 0.4) is 0 Å². The Morgan fingerprint density at radius 3 is 1.61 bits per heavy atom. The number of carbonyl (C=O) groups excluding carboxylic acids is 2. The van der Waals surface area contributed by atoms with Crippen LogP contribution in [0.25, 0.3) is 21.1 Å². The quantitative estimate of drug-likeness (QED) is 0.0568. The molecule has 1 unspecified atom stereocenters. The maximum absolute atomic E-state index is 13.0. The van der Waals surface area contributed by atoms with E-state index in [9.17, 15) is 9.59 Å². The van der Waals surface area contributed by atoms with Gasteiger partial charge in [-0.25, -0.2) is 19.6 Å². The third kappa shape index (κ3) is 11.3. The average Bonchev–Trinajstić information content (AvgIpc) is 3.75. The third-order valence-electron chi connectivity index (χ3n) is 8.61. The highest BCUT2D eigenvalue weighted by molar-refractivity contribution is 7.99. The van der Waals surface area contributed by atoms with Crippen LogP contribution in [0.5, 0.6) is 11.5 Å². The van der Waals surface area contributed by atoms with E-state index < -0.39 is 24.6 Å². The molecule has 0 N–H and O–H groups in total. The van der Waals surface area contributed by atoms with Crippen molar-refractivity contribution in [1.82, 2.24) is 9.97 Å². The van der Waals surface area contributed by atoms with Gasteiger partial charge in [-0.3, -0.25) is 0 Å². The molecule has 296 valence electrons. The number of aryl methyl sites for hydroxylation is 4. The molecule has 0 fully saturated rings. The molecule has 2 aromatic heterocycles. The highest BCUT2D eigenvalue weighted by Crippen LogP contribution is 2.38. The van der Waals surface area contributed by atoms with Crippen LogP contribution in [0.15, 0.2) is 82.6 Å². The molecule has 7 nitrogen and oxygen atoms in total. The minimum Gasteiger partial charge on any atom is -0.482 e. The number of rotatable bonds is 15. The number of ether oxygens (including phenoxy) is 3. The van der Waals surface area contributed by atoms with Gasteiger partial charge in [-0.05, 0) is 106 Å². The minimum atomic E-state index is -0.967. The predicted molar refractivity (Wildman–Crippen MR) is 237 cm³/mol. The number of thiazole rings is 2. The molecule has 0 spiro atoms. The molecule has 0 aliphatic carbocycles. The van der Waals surface area contributed by atoms with Crippen molar-refractivity contribution in [3.63, 3.8) is 0 Å². The number of hydrogen-bond donors (Lipinski definition) is 0. The van der Waals surface area contributed by atoms with Crippen molar-refractivity contribution >= 4 is 105 Å². The second-order valence-corrected chi connectivity index (χ2v) is 18.7. The van der Waals surface area contributed by atoms with E-state index in [4.69, 9.17) is 70.6 Å². The van der Waals surface area contributed by atoms with E-state index in [1.807, 2.05) is 88.4 Å². The molecular formula is C42H36Cl4N2O5S4. The lowest BCUT2D eigenvalue weighted by molar-refractivity contribution is -0.166. The molecule has 57 heavy (non-hydrogen) atoms. The first-order valence-electron chi connectivity index (χ1n) is 17.6. The van der Waals surface area contributed by atoms with E-state index in [0.717, 1.165) is 74.7 Å².